The van der Waals surface area contributed by atoms with E-state index in [9.17, 15) is 23.6 Å². The number of aromatic nitrogens is 2. The number of rotatable bonds is 12. The molecule has 0 spiro atoms. The molecule has 2 atom stereocenters. The molecule has 0 bridgehead atoms. The molecule has 0 aliphatic carbocycles. The molecule has 12 heteroatoms. The van der Waals surface area contributed by atoms with Crippen LogP contribution in [0.4, 0.5) is 4.39 Å². The molecular formula is C63H61FN6O5. The smallest absolute Gasteiger partial charge is 0.257 e. The maximum Gasteiger partial charge on any atom is 0.257 e. The van der Waals surface area contributed by atoms with Gasteiger partial charge in [0.25, 0.3) is 17.7 Å². The minimum atomic E-state index is -0.701. The van der Waals surface area contributed by atoms with Crippen molar-refractivity contribution in [3.63, 3.8) is 0 Å². The Morgan fingerprint density at radius 1 is 0.493 bits per heavy atom. The lowest BCUT2D eigenvalue weighted by atomic mass is 9.71. The highest BCUT2D eigenvalue weighted by molar-refractivity contribution is 5.96. The summed E-state index contributed by atoms with van der Waals surface area (Å²) in [5, 5.41) is 10.3. The van der Waals surface area contributed by atoms with Crippen LogP contribution in [0.3, 0.4) is 0 Å². The average Bonchev–Trinajstić information content (AvgIpc) is 3.92. The molecule has 2 fully saturated rings. The van der Waals surface area contributed by atoms with E-state index in [0.717, 1.165) is 38.9 Å². The summed E-state index contributed by atoms with van der Waals surface area (Å²) in [4.78, 5) is 62.2. The van der Waals surface area contributed by atoms with E-state index < -0.39 is 10.8 Å². The van der Waals surface area contributed by atoms with Crippen LogP contribution in [0.2, 0.25) is 0 Å². The molecule has 0 saturated carbocycles. The summed E-state index contributed by atoms with van der Waals surface area (Å²) in [6.45, 7) is 7.72. The first-order valence-electron chi connectivity index (χ1n) is 25.6. The number of nitrogens with one attached hydrogen (secondary N) is 2. The van der Waals surface area contributed by atoms with Crippen LogP contribution in [0.25, 0.3) is 22.6 Å². The lowest BCUT2D eigenvalue weighted by molar-refractivity contribution is -0.130. The third-order valence-corrected chi connectivity index (χ3v) is 14.8. The van der Waals surface area contributed by atoms with Gasteiger partial charge in [0, 0.05) is 42.9 Å². The van der Waals surface area contributed by atoms with Crippen molar-refractivity contribution in [2.24, 2.45) is 0 Å². The topological polar surface area (TPSA) is 138 Å². The Hall–Kier alpha value is -8.51. The van der Waals surface area contributed by atoms with Gasteiger partial charge in [-0.1, -0.05) is 151 Å². The van der Waals surface area contributed by atoms with Crippen molar-refractivity contribution in [1.82, 2.24) is 30.6 Å². The molecule has 75 heavy (non-hydrogen) atoms. The van der Waals surface area contributed by atoms with Crippen LogP contribution in [0.5, 0.6) is 0 Å². The van der Waals surface area contributed by atoms with Crippen molar-refractivity contribution < 1.29 is 28.1 Å². The quantitative estimate of drug-likeness (QED) is 0.124. The maximum absolute atomic E-state index is 13.8. The highest BCUT2D eigenvalue weighted by Gasteiger charge is 2.45. The lowest BCUT2D eigenvalue weighted by Gasteiger charge is -2.41. The number of carbonyl (C=O) groups is 4. The average molecular weight is 1000 g/mol. The fourth-order valence-electron chi connectivity index (χ4n) is 10.3. The van der Waals surface area contributed by atoms with Crippen LogP contribution in [0.1, 0.15) is 100 Å². The van der Waals surface area contributed by atoms with Crippen LogP contribution < -0.4 is 10.6 Å². The number of piperidine rings is 2. The second-order valence-corrected chi connectivity index (χ2v) is 19.5. The number of hydrogen-bond donors (Lipinski definition) is 2. The minimum absolute atomic E-state index is 0.00126. The molecule has 0 unspecified atom stereocenters. The molecule has 11 nitrogen and oxygen atoms in total. The van der Waals surface area contributed by atoms with Crippen molar-refractivity contribution in [3.05, 3.63) is 239 Å². The molecule has 0 radical (unpaired) electrons. The van der Waals surface area contributed by atoms with Crippen LogP contribution in [0, 0.1) is 12.7 Å². The second kappa shape index (κ2) is 23.1. The largest absolute Gasteiger partial charge is 0.349 e. The number of nitrogens with zero attached hydrogens (tertiary/aromatic N) is 4. The zero-order chi connectivity index (χ0) is 52.4. The minimum Gasteiger partial charge on any atom is -0.349 e. The van der Waals surface area contributed by atoms with Crippen molar-refractivity contribution in [3.8, 4) is 22.6 Å². The fraction of sp³-hybridized carbons (Fsp3) is 0.238. The van der Waals surface area contributed by atoms with Gasteiger partial charge in [-0.2, -0.15) is 4.98 Å². The van der Waals surface area contributed by atoms with Gasteiger partial charge < -0.3 is 25.0 Å². The first-order valence-corrected chi connectivity index (χ1v) is 25.6. The number of carbonyl (C=O) groups excluding carboxylic acids is 4. The van der Waals surface area contributed by atoms with Gasteiger partial charge >= 0.3 is 0 Å². The number of benzene rings is 7. The number of aryl methyl sites for hydroxylation is 1. The van der Waals surface area contributed by atoms with Gasteiger partial charge in [0.1, 0.15) is 5.82 Å². The van der Waals surface area contributed by atoms with Gasteiger partial charge in [-0.3, -0.25) is 19.2 Å². The predicted molar refractivity (Wildman–Crippen MR) is 289 cm³/mol. The molecule has 7 aromatic carbocycles. The summed E-state index contributed by atoms with van der Waals surface area (Å²) in [7, 11) is 0. The SMILES string of the molecule is C[C@H](NC(=O)C1(c2ccccc2)CCN(C(=O)c2ccc(-c3ccc(F)cc3)cc2)CC1)c1ccccc1.Cc1noc(-c2ccc(C(=O)N3CCC(C(=O)N[C@@H](C)c4ccccc4)(c4ccccc4)CC3)cc2)n1. The van der Waals surface area contributed by atoms with Gasteiger partial charge in [0.2, 0.25) is 11.8 Å². The van der Waals surface area contributed by atoms with E-state index >= 15 is 0 Å². The van der Waals surface area contributed by atoms with Gasteiger partial charge in [0.15, 0.2) is 5.82 Å². The van der Waals surface area contributed by atoms with Gasteiger partial charge in [0.05, 0.1) is 22.9 Å². The van der Waals surface area contributed by atoms with E-state index in [4.69, 9.17) is 4.52 Å². The summed E-state index contributed by atoms with van der Waals surface area (Å²) in [6, 6.07) is 60.4. The van der Waals surface area contributed by atoms with Gasteiger partial charge in [-0.05, 0) is 128 Å². The van der Waals surface area contributed by atoms with Crippen molar-refractivity contribution in [1.29, 1.82) is 0 Å². The first-order chi connectivity index (χ1) is 36.4. The van der Waals surface area contributed by atoms with E-state index in [-0.39, 0.29) is 41.5 Å². The Kier molecular flexibility index (Phi) is 15.9. The summed E-state index contributed by atoms with van der Waals surface area (Å²) < 4.78 is 18.5. The third-order valence-electron chi connectivity index (χ3n) is 14.8. The Labute approximate surface area is 437 Å². The van der Waals surface area contributed by atoms with Crippen molar-refractivity contribution in [2.75, 3.05) is 26.2 Å². The van der Waals surface area contributed by atoms with Crippen LogP contribution in [0.15, 0.2) is 199 Å². The van der Waals surface area contributed by atoms with E-state index in [1.807, 2.05) is 181 Å². The molecule has 1 aromatic heterocycles. The lowest BCUT2D eigenvalue weighted by Crippen LogP contribution is -2.53. The summed E-state index contributed by atoms with van der Waals surface area (Å²) >= 11 is 0. The monoisotopic (exact) mass is 1000 g/mol. The fourth-order valence-corrected chi connectivity index (χ4v) is 10.3. The van der Waals surface area contributed by atoms with Crippen LogP contribution in [-0.4, -0.2) is 69.7 Å². The molecule has 380 valence electrons. The third kappa shape index (κ3) is 11.7. The Morgan fingerprint density at radius 3 is 1.20 bits per heavy atom. The van der Waals surface area contributed by atoms with E-state index in [1.54, 1.807) is 31.2 Å². The molecule has 2 N–H and O–H groups in total. The van der Waals surface area contributed by atoms with Crippen molar-refractivity contribution >= 4 is 23.6 Å². The zero-order valence-electron chi connectivity index (χ0n) is 42.5. The van der Waals surface area contributed by atoms with Crippen molar-refractivity contribution in [2.45, 2.75) is 69.4 Å². The molecule has 10 rings (SSSR count). The molecule has 2 aliphatic heterocycles. The predicted octanol–water partition coefficient (Wildman–Crippen LogP) is 11.6. The molecule has 8 aromatic rings. The number of likely N-dealkylation sites (tertiary alicyclic amines) is 2. The Balaban J connectivity index is 0.000000184. The Bertz CT molecular complexity index is 3170. The first kappa shape index (κ1) is 51.4. The summed E-state index contributed by atoms with van der Waals surface area (Å²) in [6.07, 6.45) is 2.19. The normalized spacial score (nSPS) is 15.6. The summed E-state index contributed by atoms with van der Waals surface area (Å²) in [5.74, 6) is 0.617. The summed E-state index contributed by atoms with van der Waals surface area (Å²) in [5.41, 5.74) is 6.47. The maximum atomic E-state index is 13.8. The van der Waals surface area contributed by atoms with E-state index in [2.05, 4.69) is 20.8 Å². The standard InChI is InChI=1S/C33H31FN2O2.C30H30N4O3/c1-24(25-8-4-2-5-9-25)35-32(38)33(29-10-6-3-7-11-29)20-22-36(23-21-33)31(37)28-14-12-26(13-15-28)27-16-18-30(34)19-17-27;1-21(23-9-5-3-6-10-23)31-29(36)30(26-11-7-4-8-12-26)17-19-34(20-18-30)28(35)25-15-13-24(14-16-25)27-32-22(2)33-37-27/h2-19,24H,20-23H2,1H3,(H,35,38);3-16,21H,17-20H2,1-2H3,(H,31,36)/t24-;21-/m00/s1. The molecule has 3 heterocycles. The highest BCUT2D eigenvalue weighted by Crippen LogP contribution is 2.39. The van der Waals surface area contributed by atoms with E-state index in [0.29, 0.717) is 74.7 Å². The molecule has 2 saturated heterocycles. The number of halogens is 1. The molecule has 2 aliphatic rings. The van der Waals surface area contributed by atoms with Gasteiger partial charge in [-0.25, -0.2) is 4.39 Å². The number of amides is 4. The second-order valence-electron chi connectivity index (χ2n) is 19.5. The van der Waals surface area contributed by atoms with Crippen LogP contribution in [-0.2, 0) is 20.4 Å². The highest BCUT2D eigenvalue weighted by atomic mass is 19.1. The zero-order valence-corrected chi connectivity index (χ0v) is 42.5. The molecule has 4 amide bonds. The number of hydrogen-bond acceptors (Lipinski definition) is 7. The van der Waals surface area contributed by atoms with Crippen LogP contribution >= 0.6 is 0 Å². The van der Waals surface area contributed by atoms with E-state index in [1.165, 1.54) is 12.1 Å². The Morgan fingerprint density at radius 2 is 0.840 bits per heavy atom. The van der Waals surface area contributed by atoms with Gasteiger partial charge in [-0.15, -0.1) is 0 Å². The molecular weight excluding hydrogens is 940 g/mol.